The molecule has 1 fully saturated rings. The zero-order chi connectivity index (χ0) is 13.7. The van der Waals surface area contributed by atoms with Gasteiger partial charge in [-0.3, -0.25) is 0 Å². The van der Waals surface area contributed by atoms with Crippen LogP contribution in [-0.4, -0.2) is 30.6 Å². The predicted molar refractivity (Wildman–Crippen MR) is 87.3 cm³/mol. The van der Waals surface area contributed by atoms with E-state index in [-0.39, 0.29) is 0 Å². The van der Waals surface area contributed by atoms with Gasteiger partial charge in [-0.1, -0.05) is 32.0 Å². The summed E-state index contributed by atoms with van der Waals surface area (Å²) in [5.74, 6) is 1.24. The minimum atomic E-state index is 0.432. The average molecular weight is 278 g/mol. The van der Waals surface area contributed by atoms with Gasteiger partial charge in [-0.15, -0.1) is 0 Å². The van der Waals surface area contributed by atoms with Crippen LogP contribution >= 0.6 is 11.8 Å². The molecule has 2 nitrogen and oxygen atoms in total. The molecule has 3 heteroatoms. The molecule has 0 bridgehead atoms. The normalized spacial score (nSPS) is 21.4. The second kappa shape index (κ2) is 7.20. The fourth-order valence-electron chi connectivity index (χ4n) is 2.65. The van der Waals surface area contributed by atoms with E-state index >= 15 is 0 Å². The first-order valence-electron chi connectivity index (χ1n) is 7.41. The molecule has 1 aliphatic rings. The highest BCUT2D eigenvalue weighted by atomic mass is 32.2. The van der Waals surface area contributed by atoms with E-state index in [4.69, 9.17) is 0 Å². The van der Waals surface area contributed by atoms with Gasteiger partial charge in [0.1, 0.15) is 0 Å². The van der Waals surface area contributed by atoms with Crippen molar-refractivity contribution < 1.29 is 0 Å². The molecule has 0 radical (unpaired) electrons. The maximum absolute atomic E-state index is 3.61. The number of thioether (sulfide) groups is 1. The van der Waals surface area contributed by atoms with Crippen LogP contribution < -0.4 is 10.2 Å². The highest BCUT2D eigenvalue weighted by molar-refractivity contribution is 8.00. The molecule has 1 N–H and O–H groups in total. The first-order chi connectivity index (χ1) is 9.22. The summed E-state index contributed by atoms with van der Waals surface area (Å²) in [5.41, 5.74) is 2.86. The summed E-state index contributed by atoms with van der Waals surface area (Å²) in [6.45, 7) is 10.3. The Balaban J connectivity index is 2.15. The summed E-state index contributed by atoms with van der Waals surface area (Å²) in [7, 11) is 0. The van der Waals surface area contributed by atoms with Gasteiger partial charge >= 0.3 is 0 Å². The predicted octanol–water partition coefficient (Wildman–Crippen LogP) is 3.69. The Morgan fingerprint density at radius 3 is 2.95 bits per heavy atom. The van der Waals surface area contributed by atoms with Crippen molar-refractivity contribution >= 4 is 17.4 Å². The van der Waals surface area contributed by atoms with Crippen LogP contribution in [-0.2, 0) is 0 Å². The largest absolute Gasteiger partial charge is 0.369 e. The Morgan fingerprint density at radius 1 is 1.42 bits per heavy atom. The van der Waals surface area contributed by atoms with Gasteiger partial charge in [-0.25, -0.2) is 0 Å². The molecule has 2 atom stereocenters. The zero-order valence-corrected chi connectivity index (χ0v) is 13.2. The molecule has 1 heterocycles. The Hall–Kier alpha value is -0.670. The van der Waals surface area contributed by atoms with Crippen LogP contribution in [0.15, 0.2) is 24.3 Å². The van der Waals surface area contributed by atoms with Gasteiger partial charge in [-0.05, 0) is 31.5 Å². The minimum Gasteiger partial charge on any atom is -0.369 e. The maximum atomic E-state index is 3.61. The van der Waals surface area contributed by atoms with Crippen LogP contribution in [0.5, 0.6) is 0 Å². The van der Waals surface area contributed by atoms with E-state index < -0.39 is 0 Å². The lowest BCUT2D eigenvalue weighted by Crippen LogP contribution is -2.37. The molecular formula is C16H26N2S. The molecule has 19 heavy (non-hydrogen) atoms. The number of nitrogens with zero attached hydrogens (tertiary/aromatic N) is 1. The highest BCUT2D eigenvalue weighted by Crippen LogP contribution is 2.30. The lowest BCUT2D eigenvalue weighted by atomic mass is 10.0. The quantitative estimate of drug-likeness (QED) is 0.884. The molecule has 1 saturated heterocycles. The van der Waals surface area contributed by atoms with E-state index in [1.54, 1.807) is 0 Å². The van der Waals surface area contributed by atoms with Crippen LogP contribution in [0.4, 0.5) is 5.69 Å². The van der Waals surface area contributed by atoms with Crippen molar-refractivity contribution in [1.82, 2.24) is 5.32 Å². The smallest absolute Gasteiger partial charge is 0.0415 e. The van der Waals surface area contributed by atoms with E-state index in [1.165, 1.54) is 36.5 Å². The van der Waals surface area contributed by atoms with Crippen molar-refractivity contribution in [3.8, 4) is 0 Å². The van der Waals surface area contributed by atoms with Gasteiger partial charge in [-0.2, -0.15) is 11.8 Å². The second-order valence-corrected chi connectivity index (χ2v) is 6.91. The van der Waals surface area contributed by atoms with Gasteiger partial charge in [0.05, 0.1) is 0 Å². The maximum Gasteiger partial charge on any atom is 0.0415 e. The van der Waals surface area contributed by atoms with E-state index in [0.29, 0.717) is 6.04 Å². The number of benzene rings is 1. The van der Waals surface area contributed by atoms with Crippen molar-refractivity contribution in [2.24, 2.45) is 0 Å². The van der Waals surface area contributed by atoms with E-state index in [0.717, 1.165) is 11.8 Å². The standard InChI is InChI=1S/C16H26N2S/c1-4-9-17-14(3)15-7-5-6-8-16(15)18-10-11-19-13(2)12-18/h5-8,13-14,17H,4,9-12H2,1-3H3. The summed E-state index contributed by atoms with van der Waals surface area (Å²) < 4.78 is 0. The fraction of sp³-hybridized carbons (Fsp3) is 0.625. The first kappa shape index (κ1) is 14.7. The molecule has 0 spiro atoms. The molecule has 0 saturated carbocycles. The molecule has 106 valence electrons. The molecule has 0 aromatic heterocycles. The van der Waals surface area contributed by atoms with E-state index in [9.17, 15) is 0 Å². The van der Waals surface area contributed by atoms with Crippen LogP contribution in [0.3, 0.4) is 0 Å². The summed E-state index contributed by atoms with van der Waals surface area (Å²) in [5, 5.41) is 4.34. The third-order valence-corrected chi connectivity index (χ3v) is 4.82. The number of para-hydroxylation sites is 1. The van der Waals surface area contributed by atoms with E-state index in [2.05, 4.69) is 67.0 Å². The summed E-state index contributed by atoms with van der Waals surface area (Å²) in [6, 6.07) is 9.31. The minimum absolute atomic E-state index is 0.432. The number of hydrogen-bond acceptors (Lipinski definition) is 3. The third-order valence-electron chi connectivity index (χ3n) is 3.69. The van der Waals surface area contributed by atoms with Gasteiger partial charge in [0.15, 0.2) is 0 Å². The topological polar surface area (TPSA) is 15.3 Å². The summed E-state index contributed by atoms with van der Waals surface area (Å²) in [4.78, 5) is 2.56. The van der Waals surface area contributed by atoms with Crippen LogP contribution in [0.1, 0.15) is 38.8 Å². The van der Waals surface area contributed by atoms with Gasteiger partial charge in [0.2, 0.25) is 0 Å². The van der Waals surface area contributed by atoms with E-state index in [1.807, 2.05) is 0 Å². The van der Waals surface area contributed by atoms with Crippen molar-refractivity contribution in [3.05, 3.63) is 29.8 Å². The molecule has 2 unspecified atom stereocenters. The van der Waals surface area contributed by atoms with Crippen molar-refractivity contribution in [2.45, 2.75) is 38.5 Å². The first-order valence-corrected chi connectivity index (χ1v) is 8.46. The number of nitrogens with one attached hydrogen (secondary N) is 1. The summed E-state index contributed by atoms with van der Waals surface area (Å²) >= 11 is 2.09. The van der Waals surface area contributed by atoms with Crippen LogP contribution in [0.2, 0.25) is 0 Å². The molecule has 2 rings (SSSR count). The Morgan fingerprint density at radius 2 is 2.21 bits per heavy atom. The molecule has 1 aliphatic heterocycles. The average Bonchev–Trinajstić information content (AvgIpc) is 2.45. The third kappa shape index (κ3) is 3.90. The Kier molecular flexibility index (Phi) is 5.59. The van der Waals surface area contributed by atoms with Crippen molar-refractivity contribution in [3.63, 3.8) is 0 Å². The van der Waals surface area contributed by atoms with Gasteiger partial charge in [0, 0.05) is 35.8 Å². The second-order valence-electron chi connectivity index (χ2n) is 5.36. The van der Waals surface area contributed by atoms with Crippen LogP contribution in [0, 0.1) is 0 Å². The molecular weight excluding hydrogens is 252 g/mol. The van der Waals surface area contributed by atoms with Gasteiger partial charge < -0.3 is 10.2 Å². The number of rotatable bonds is 5. The molecule has 1 aromatic carbocycles. The van der Waals surface area contributed by atoms with Gasteiger partial charge in [0.25, 0.3) is 0 Å². The van der Waals surface area contributed by atoms with Crippen LogP contribution in [0.25, 0.3) is 0 Å². The van der Waals surface area contributed by atoms with Crippen molar-refractivity contribution in [2.75, 3.05) is 30.3 Å². The lowest BCUT2D eigenvalue weighted by Gasteiger charge is -2.34. The number of hydrogen-bond donors (Lipinski definition) is 1. The van der Waals surface area contributed by atoms with Crippen molar-refractivity contribution in [1.29, 1.82) is 0 Å². The lowest BCUT2D eigenvalue weighted by molar-refractivity contribution is 0.569. The Labute approximate surface area is 122 Å². The monoisotopic (exact) mass is 278 g/mol. The SMILES string of the molecule is CCCNC(C)c1ccccc1N1CCSC(C)C1. The highest BCUT2D eigenvalue weighted by Gasteiger charge is 2.20. The molecule has 0 aliphatic carbocycles. The molecule has 1 aromatic rings. The number of anilines is 1. The molecule has 0 amide bonds. The zero-order valence-electron chi connectivity index (χ0n) is 12.4. The Bertz CT molecular complexity index is 394. The fourth-order valence-corrected chi connectivity index (χ4v) is 3.66. The summed E-state index contributed by atoms with van der Waals surface area (Å²) in [6.07, 6.45) is 1.18.